The van der Waals surface area contributed by atoms with Crippen molar-refractivity contribution in [3.8, 4) is 0 Å². The lowest BCUT2D eigenvalue weighted by Gasteiger charge is -2.24. The van der Waals surface area contributed by atoms with E-state index in [1.165, 1.54) is 0 Å². The number of amides is 1. The van der Waals surface area contributed by atoms with Gasteiger partial charge in [-0.1, -0.05) is 0 Å². The minimum atomic E-state index is -0.0997. The molecule has 1 atom stereocenters. The normalized spacial score (nSPS) is 23.7. The molecular weight excluding hydrogens is 166 g/mol. The first kappa shape index (κ1) is 10.5. The van der Waals surface area contributed by atoms with E-state index in [9.17, 15) is 4.79 Å². The molecule has 0 N–H and O–H groups in total. The third-order valence-corrected chi connectivity index (χ3v) is 2.11. The van der Waals surface area contributed by atoms with Crippen molar-refractivity contribution >= 4 is 5.91 Å². The third-order valence-electron chi connectivity index (χ3n) is 2.11. The second-order valence-electron chi connectivity index (χ2n) is 4.61. The summed E-state index contributed by atoms with van der Waals surface area (Å²) in [6.45, 7) is 9.35. The second kappa shape index (κ2) is 3.66. The lowest BCUT2D eigenvalue weighted by Crippen LogP contribution is -2.31. The molecule has 0 aromatic rings. The molecule has 1 aliphatic rings. The molecule has 0 aromatic carbocycles. The maximum absolute atomic E-state index is 11.0. The van der Waals surface area contributed by atoms with Gasteiger partial charge in [-0.15, -0.1) is 0 Å². The van der Waals surface area contributed by atoms with Crippen LogP contribution in [0.5, 0.6) is 0 Å². The van der Waals surface area contributed by atoms with Crippen molar-refractivity contribution in [2.45, 2.75) is 45.8 Å². The van der Waals surface area contributed by atoms with Crippen LogP contribution in [-0.2, 0) is 9.53 Å². The smallest absolute Gasteiger partial charge is 0.219 e. The molecule has 1 aliphatic heterocycles. The van der Waals surface area contributed by atoms with Gasteiger partial charge in [-0.2, -0.15) is 0 Å². The van der Waals surface area contributed by atoms with Crippen LogP contribution in [0.4, 0.5) is 0 Å². The van der Waals surface area contributed by atoms with Crippen LogP contribution in [0.2, 0.25) is 0 Å². The van der Waals surface area contributed by atoms with E-state index in [0.717, 1.165) is 19.5 Å². The van der Waals surface area contributed by atoms with Gasteiger partial charge in [0.2, 0.25) is 5.91 Å². The monoisotopic (exact) mass is 185 g/mol. The van der Waals surface area contributed by atoms with Gasteiger partial charge in [-0.25, -0.2) is 0 Å². The van der Waals surface area contributed by atoms with Crippen molar-refractivity contribution in [3.05, 3.63) is 0 Å². The Balaban J connectivity index is 2.38. The number of hydrogen-bond acceptors (Lipinski definition) is 2. The number of carbonyl (C=O) groups is 1. The van der Waals surface area contributed by atoms with E-state index in [-0.39, 0.29) is 17.6 Å². The van der Waals surface area contributed by atoms with Crippen LogP contribution in [0.25, 0.3) is 0 Å². The predicted molar refractivity (Wildman–Crippen MR) is 51.5 cm³/mol. The number of hydrogen-bond donors (Lipinski definition) is 0. The van der Waals surface area contributed by atoms with E-state index >= 15 is 0 Å². The SMILES string of the molecule is CC(=O)N1CC[C@H](OC(C)(C)C)C1. The van der Waals surface area contributed by atoms with E-state index in [4.69, 9.17) is 4.74 Å². The quantitative estimate of drug-likeness (QED) is 0.618. The third kappa shape index (κ3) is 3.35. The summed E-state index contributed by atoms with van der Waals surface area (Å²) >= 11 is 0. The molecule has 1 saturated heterocycles. The van der Waals surface area contributed by atoms with Crippen LogP contribution in [0.3, 0.4) is 0 Å². The first-order valence-corrected chi connectivity index (χ1v) is 4.82. The minimum absolute atomic E-state index is 0.0997. The summed E-state index contributed by atoms with van der Waals surface area (Å²) in [6.07, 6.45) is 1.19. The first-order valence-electron chi connectivity index (χ1n) is 4.82. The van der Waals surface area contributed by atoms with Crippen LogP contribution in [0.1, 0.15) is 34.1 Å². The average Bonchev–Trinajstić information content (AvgIpc) is 2.31. The molecule has 0 radical (unpaired) electrons. The van der Waals surface area contributed by atoms with Crippen molar-refractivity contribution < 1.29 is 9.53 Å². The molecule has 0 unspecified atom stereocenters. The summed E-state index contributed by atoms with van der Waals surface area (Å²) in [5, 5.41) is 0. The molecule has 0 spiro atoms. The molecule has 76 valence electrons. The summed E-state index contributed by atoms with van der Waals surface area (Å²) in [6, 6.07) is 0. The molecule has 1 heterocycles. The molecule has 1 amide bonds. The summed E-state index contributed by atoms with van der Waals surface area (Å²) in [5.74, 6) is 0.153. The standard InChI is InChI=1S/C10H19NO2/c1-8(12)11-6-5-9(7-11)13-10(2,3)4/h9H,5-7H2,1-4H3/t9-/m0/s1. The molecule has 0 saturated carbocycles. The van der Waals surface area contributed by atoms with Gasteiger partial charge < -0.3 is 9.64 Å². The van der Waals surface area contributed by atoms with Gasteiger partial charge in [0.1, 0.15) is 0 Å². The zero-order chi connectivity index (χ0) is 10.1. The van der Waals surface area contributed by atoms with Gasteiger partial charge in [-0.05, 0) is 27.2 Å². The molecule has 1 rings (SSSR count). The highest BCUT2D eigenvalue weighted by Crippen LogP contribution is 2.19. The molecule has 0 aromatic heterocycles. The highest BCUT2D eigenvalue weighted by Gasteiger charge is 2.27. The Morgan fingerprint density at radius 2 is 2.08 bits per heavy atom. The van der Waals surface area contributed by atoms with Crippen LogP contribution in [-0.4, -0.2) is 35.6 Å². The number of nitrogens with zero attached hydrogens (tertiary/aromatic N) is 1. The van der Waals surface area contributed by atoms with Crippen LogP contribution in [0.15, 0.2) is 0 Å². The topological polar surface area (TPSA) is 29.5 Å². The molecule has 0 bridgehead atoms. The van der Waals surface area contributed by atoms with E-state index in [1.54, 1.807) is 6.92 Å². The Bertz CT molecular complexity index is 196. The number of ether oxygens (including phenoxy) is 1. The van der Waals surface area contributed by atoms with Gasteiger partial charge in [-0.3, -0.25) is 4.79 Å². The average molecular weight is 185 g/mol. The Kier molecular flexibility index (Phi) is 2.96. The molecule has 13 heavy (non-hydrogen) atoms. The highest BCUT2D eigenvalue weighted by molar-refractivity contribution is 5.73. The zero-order valence-corrected chi connectivity index (χ0v) is 8.96. The van der Waals surface area contributed by atoms with E-state index in [0.29, 0.717) is 0 Å². The van der Waals surface area contributed by atoms with Gasteiger partial charge in [0.05, 0.1) is 11.7 Å². The van der Waals surface area contributed by atoms with Gasteiger partial charge >= 0.3 is 0 Å². The van der Waals surface area contributed by atoms with Crippen molar-refractivity contribution in [3.63, 3.8) is 0 Å². The summed E-state index contributed by atoms with van der Waals surface area (Å²) in [7, 11) is 0. The lowest BCUT2D eigenvalue weighted by molar-refractivity contribution is -0.129. The number of likely N-dealkylation sites (tertiary alicyclic amines) is 1. The lowest BCUT2D eigenvalue weighted by atomic mass is 10.2. The van der Waals surface area contributed by atoms with Crippen LogP contribution < -0.4 is 0 Å². The fourth-order valence-electron chi connectivity index (χ4n) is 1.61. The van der Waals surface area contributed by atoms with E-state index < -0.39 is 0 Å². The van der Waals surface area contributed by atoms with Crippen molar-refractivity contribution in [1.82, 2.24) is 4.90 Å². The summed E-state index contributed by atoms with van der Waals surface area (Å²) < 4.78 is 5.79. The molecule has 1 fully saturated rings. The highest BCUT2D eigenvalue weighted by atomic mass is 16.5. The van der Waals surface area contributed by atoms with Crippen LogP contribution >= 0.6 is 0 Å². The Labute approximate surface area is 80.1 Å². The summed E-state index contributed by atoms with van der Waals surface area (Å²) in [5.41, 5.74) is -0.0997. The largest absolute Gasteiger partial charge is 0.371 e. The Morgan fingerprint density at radius 3 is 2.46 bits per heavy atom. The predicted octanol–water partition coefficient (Wildman–Crippen LogP) is 1.42. The van der Waals surface area contributed by atoms with E-state index in [1.807, 2.05) is 25.7 Å². The molecule has 3 nitrogen and oxygen atoms in total. The van der Waals surface area contributed by atoms with Crippen molar-refractivity contribution in [1.29, 1.82) is 0 Å². The van der Waals surface area contributed by atoms with Crippen LogP contribution in [0, 0.1) is 0 Å². The molecule has 0 aliphatic carbocycles. The van der Waals surface area contributed by atoms with Gasteiger partial charge in [0.25, 0.3) is 0 Å². The van der Waals surface area contributed by atoms with Crippen molar-refractivity contribution in [2.75, 3.05) is 13.1 Å². The van der Waals surface area contributed by atoms with Crippen molar-refractivity contribution in [2.24, 2.45) is 0 Å². The fraction of sp³-hybridized carbons (Fsp3) is 0.900. The minimum Gasteiger partial charge on any atom is -0.371 e. The zero-order valence-electron chi connectivity index (χ0n) is 8.96. The molecular formula is C10H19NO2. The Hall–Kier alpha value is -0.570. The number of carbonyl (C=O) groups excluding carboxylic acids is 1. The molecule has 3 heteroatoms. The maximum Gasteiger partial charge on any atom is 0.219 e. The second-order valence-corrected chi connectivity index (χ2v) is 4.61. The fourth-order valence-corrected chi connectivity index (χ4v) is 1.61. The van der Waals surface area contributed by atoms with Gasteiger partial charge in [0, 0.05) is 20.0 Å². The maximum atomic E-state index is 11.0. The summed E-state index contributed by atoms with van der Waals surface area (Å²) in [4.78, 5) is 12.9. The van der Waals surface area contributed by atoms with E-state index in [2.05, 4.69) is 0 Å². The first-order chi connectivity index (χ1) is 5.88. The Morgan fingerprint density at radius 1 is 1.46 bits per heavy atom. The number of rotatable bonds is 1. The van der Waals surface area contributed by atoms with Gasteiger partial charge in [0.15, 0.2) is 0 Å².